The van der Waals surface area contributed by atoms with Crippen molar-refractivity contribution >= 4 is 27.8 Å². The summed E-state index contributed by atoms with van der Waals surface area (Å²) < 4.78 is 0. The molecule has 2 aromatic heterocycles. The fourth-order valence-corrected chi connectivity index (χ4v) is 1.69. The first-order chi connectivity index (χ1) is 7.27. The Kier molecular flexibility index (Phi) is 1.37. The predicted molar refractivity (Wildman–Crippen MR) is 54.3 cm³/mol. The minimum absolute atomic E-state index is 0.356. The summed E-state index contributed by atoms with van der Waals surface area (Å²) in [6.45, 7) is 0. The van der Waals surface area contributed by atoms with E-state index in [0.717, 1.165) is 21.9 Å². The van der Waals surface area contributed by atoms with E-state index in [0.29, 0.717) is 5.69 Å². The van der Waals surface area contributed by atoms with Crippen LogP contribution in [-0.4, -0.2) is 26.1 Å². The van der Waals surface area contributed by atoms with E-state index in [9.17, 15) is 4.79 Å². The second-order valence-corrected chi connectivity index (χ2v) is 3.22. The average Bonchev–Trinajstić information content (AvgIpc) is 2.82. The number of nitrogens with one attached hydrogen (secondary N) is 2. The SMILES string of the molecule is NC(=O)c1[nH][nH]c2c1ccc1ncnc12. The van der Waals surface area contributed by atoms with E-state index in [1.165, 1.54) is 6.33 Å². The Balaban J connectivity index is 2.51. The van der Waals surface area contributed by atoms with Crippen LogP contribution in [0.4, 0.5) is 0 Å². The number of carbonyl (C=O) groups is 1. The van der Waals surface area contributed by atoms with Crippen LogP contribution in [0.15, 0.2) is 18.5 Å². The van der Waals surface area contributed by atoms with Crippen molar-refractivity contribution < 1.29 is 4.79 Å². The van der Waals surface area contributed by atoms with Crippen molar-refractivity contribution in [3.63, 3.8) is 0 Å². The molecule has 4 N–H and O–H groups in total. The largest absolute Gasteiger partial charge is 0.364 e. The van der Waals surface area contributed by atoms with Crippen LogP contribution in [-0.2, 0) is 0 Å². The third kappa shape index (κ3) is 0.954. The quantitative estimate of drug-likeness (QED) is 0.535. The van der Waals surface area contributed by atoms with Gasteiger partial charge in [0.15, 0.2) is 0 Å². The van der Waals surface area contributed by atoms with Crippen molar-refractivity contribution in [2.75, 3.05) is 0 Å². The first-order valence-electron chi connectivity index (χ1n) is 4.37. The first kappa shape index (κ1) is 7.98. The number of benzene rings is 1. The van der Waals surface area contributed by atoms with Gasteiger partial charge in [-0.25, -0.2) is 9.97 Å². The van der Waals surface area contributed by atoms with Gasteiger partial charge in [0.1, 0.15) is 17.5 Å². The molecule has 0 aliphatic carbocycles. The number of aromatic amines is 2. The second-order valence-electron chi connectivity index (χ2n) is 3.22. The Morgan fingerprint density at radius 2 is 2.13 bits per heavy atom. The summed E-state index contributed by atoms with van der Waals surface area (Å²) in [7, 11) is 0. The van der Waals surface area contributed by atoms with Crippen LogP contribution in [0.2, 0.25) is 0 Å². The molecule has 0 bridgehead atoms. The number of rotatable bonds is 1. The lowest BCUT2D eigenvalue weighted by Crippen LogP contribution is -2.11. The number of aromatic nitrogens is 4. The van der Waals surface area contributed by atoms with Crippen LogP contribution in [0.25, 0.3) is 21.9 Å². The number of imidazole rings is 1. The number of carbonyl (C=O) groups excluding carboxylic acids is 1. The highest BCUT2D eigenvalue weighted by Crippen LogP contribution is 2.22. The summed E-state index contributed by atoms with van der Waals surface area (Å²) in [4.78, 5) is 19.3. The van der Waals surface area contributed by atoms with Gasteiger partial charge in [-0.2, -0.15) is 0 Å². The molecule has 1 aromatic carbocycles. The van der Waals surface area contributed by atoms with Crippen molar-refractivity contribution in [3.8, 4) is 0 Å². The molecule has 0 spiro atoms. The van der Waals surface area contributed by atoms with E-state index >= 15 is 0 Å². The molecule has 6 heteroatoms. The summed E-state index contributed by atoms with van der Waals surface area (Å²) in [5.74, 6) is -0.500. The summed E-state index contributed by atoms with van der Waals surface area (Å²) in [6, 6.07) is 3.60. The average molecular weight is 201 g/mol. The van der Waals surface area contributed by atoms with Gasteiger partial charge in [-0.15, -0.1) is 0 Å². The maximum Gasteiger partial charge on any atom is 0.267 e. The Morgan fingerprint density at radius 3 is 2.93 bits per heavy atom. The molecule has 15 heavy (non-hydrogen) atoms. The fourth-order valence-electron chi connectivity index (χ4n) is 1.69. The number of fused-ring (bicyclic) bond motifs is 3. The fraction of sp³-hybridized carbons (Fsp3) is 0. The van der Waals surface area contributed by atoms with Gasteiger partial charge in [0.25, 0.3) is 5.91 Å². The summed E-state index contributed by atoms with van der Waals surface area (Å²) in [5.41, 5.74) is 7.84. The normalized spacial score (nSPS) is 11.2. The Bertz CT molecular complexity index is 665. The van der Waals surface area contributed by atoms with E-state index < -0.39 is 5.91 Å². The van der Waals surface area contributed by atoms with Gasteiger partial charge in [0.2, 0.25) is 0 Å². The smallest absolute Gasteiger partial charge is 0.267 e. The van der Waals surface area contributed by atoms with Gasteiger partial charge >= 0.3 is 0 Å². The van der Waals surface area contributed by atoms with E-state index in [1.54, 1.807) is 12.1 Å². The van der Waals surface area contributed by atoms with E-state index in [4.69, 9.17) is 5.73 Å². The van der Waals surface area contributed by atoms with Gasteiger partial charge in [0, 0.05) is 5.39 Å². The zero-order valence-corrected chi connectivity index (χ0v) is 7.61. The van der Waals surface area contributed by atoms with Crippen molar-refractivity contribution in [3.05, 3.63) is 24.2 Å². The third-order valence-electron chi connectivity index (χ3n) is 2.37. The molecule has 0 aliphatic rings. The molecule has 3 rings (SSSR count). The molecule has 0 aliphatic heterocycles. The van der Waals surface area contributed by atoms with E-state index in [2.05, 4.69) is 20.2 Å². The summed E-state index contributed by atoms with van der Waals surface area (Å²) in [6.07, 6.45) is 1.48. The zero-order chi connectivity index (χ0) is 10.4. The molecule has 2 heterocycles. The number of H-pyrrole nitrogens is 2. The van der Waals surface area contributed by atoms with E-state index in [-0.39, 0.29) is 0 Å². The molecular weight excluding hydrogens is 194 g/mol. The van der Waals surface area contributed by atoms with Gasteiger partial charge in [-0.05, 0) is 12.1 Å². The van der Waals surface area contributed by atoms with Gasteiger partial charge in [0.05, 0.1) is 11.0 Å². The van der Waals surface area contributed by atoms with Crippen LogP contribution in [0.1, 0.15) is 10.5 Å². The summed E-state index contributed by atoms with van der Waals surface area (Å²) in [5, 5.41) is 6.33. The van der Waals surface area contributed by atoms with Crippen molar-refractivity contribution in [1.29, 1.82) is 0 Å². The van der Waals surface area contributed by atoms with Crippen LogP contribution in [0, 0.1) is 0 Å². The Morgan fingerprint density at radius 1 is 1.27 bits per heavy atom. The van der Waals surface area contributed by atoms with Crippen LogP contribution < -0.4 is 5.73 Å². The van der Waals surface area contributed by atoms with Crippen LogP contribution in [0.3, 0.4) is 0 Å². The van der Waals surface area contributed by atoms with Crippen molar-refractivity contribution in [2.24, 2.45) is 5.73 Å². The molecule has 1 amide bonds. The standard InChI is InChI=1S/C9H7N5O/c10-9(15)7-4-1-2-5-8(12-3-11-5)6(4)13-14-7/h1-3,13-14H,(H2,10,15). The lowest BCUT2D eigenvalue weighted by atomic mass is 10.2. The minimum atomic E-state index is -0.500. The molecule has 0 atom stereocenters. The number of hydrogen-bond acceptors (Lipinski definition) is 3. The third-order valence-corrected chi connectivity index (χ3v) is 2.37. The lowest BCUT2D eigenvalue weighted by molar-refractivity contribution is 0.0997. The minimum Gasteiger partial charge on any atom is -0.364 e. The molecule has 6 nitrogen and oxygen atoms in total. The monoisotopic (exact) mass is 201 g/mol. The maximum absolute atomic E-state index is 11.1. The molecular formula is C9H7N5O. The highest BCUT2D eigenvalue weighted by molar-refractivity contribution is 6.10. The molecule has 74 valence electrons. The number of nitrogens with zero attached hydrogens (tertiary/aromatic N) is 2. The molecule has 0 unspecified atom stereocenters. The highest BCUT2D eigenvalue weighted by Gasteiger charge is 2.12. The lowest BCUT2D eigenvalue weighted by Gasteiger charge is -1.91. The van der Waals surface area contributed by atoms with Gasteiger partial charge in [-0.3, -0.25) is 15.0 Å². The van der Waals surface area contributed by atoms with Crippen molar-refractivity contribution in [1.82, 2.24) is 20.2 Å². The Labute approximate surface area is 83.5 Å². The predicted octanol–water partition coefficient (Wildman–Crippen LogP) is 0.538. The van der Waals surface area contributed by atoms with Gasteiger partial charge in [-0.1, -0.05) is 0 Å². The molecule has 0 fully saturated rings. The maximum atomic E-state index is 11.1. The highest BCUT2D eigenvalue weighted by atomic mass is 16.1. The topological polar surface area (TPSA) is 100 Å². The number of hydrogen-bond donors (Lipinski definition) is 3. The number of primary amides is 1. The summed E-state index contributed by atoms with van der Waals surface area (Å²) >= 11 is 0. The molecule has 0 radical (unpaired) electrons. The Hall–Kier alpha value is -2.37. The van der Waals surface area contributed by atoms with E-state index in [1.807, 2.05) is 0 Å². The second kappa shape index (κ2) is 2.57. The molecule has 3 aromatic rings. The number of nitrogens with two attached hydrogens (primary N) is 1. The van der Waals surface area contributed by atoms with Gasteiger partial charge < -0.3 is 5.73 Å². The van der Waals surface area contributed by atoms with Crippen molar-refractivity contribution in [2.45, 2.75) is 0 Å². The molecule has 0 saturated carbocycles. The van der Waals surface area contributed by atoms with Crippen LogP contribution in [0.5, 0.6) is 0 Å². The first-order valence-corrected chi connectivity index (χ1v) is 4.37. The number of amides is 1. The zero-order valence-electron chi connectivity index (χ0n) is 7.61. The van der Waals surface area contributed by atoms with Crippen LogP contribution >= 0.6 is 0 Å². The molecule has 0 saturated heterocycles.